The van der Waals surface area contributed by atoms with Crippen molar-refractivity contribution >= 4 is 31.5 Å². The minimum atomic E-state index is -3.82. The number of aromatic nitrogens is 2. The van der Waals surface area contributed by atoms with Gasteiger partial charge >= 0.3 is 0 Å². The molecule has 0 bridgehead atoms. The number of sulfone groups is 1. The molecule has 27 heavy (non-hydrogen) atoms. The molecule has 4 aromatic rings. The number of aryl methyl sites for hydroxylation is 1. The average Bonchev–Trinajstić information content (AvgIpc) is 3.04. The smallest absolute Gasteiger partial charge is 0.226 e. The van der Waals surface area contributed by atoms with E-state index < -0.39 is 9.84 Å². The molecule has 1 heterocycles. The number of ether oxygens (including phenoxy) is 1. The van der Waals surface area contributed by atoms with Crippen molar-refractivity contribution < 1.29 is 13.2 Å². The van der Waals surface area contributed by atoms with Gasteiger partial charge in [0, 0.05) is 24.4 Å². The summed E-state index contributed by atoms with van der Waals surface area (Å²) in [5.41, 5.74) is 6.15. The highest BCUT2D eigenvalue weighted by atomic mass is 32.2. The first-order chi connectivity index (χ1) is 13.0. The molecule has 138 valence electrons. The largest absolute Gasteiger partial charge is 0.490 e. The van der Waals surface area contributed by atoms with Gasteiger partial charge in [-0.2, -0.15) is 5.10 Å². The molecule has 0 radical (unpaired) electrons. The number of para-hydroxylation sites is 1. The van der Waals surface area contributed by atoms with Crippen LogP contribution in [-0.2, 0) is 16.9 Å². The molecular weight excluding hydrogens is 362 g/mol. The highest BCUT2D eigenvalue weighted by molar-refractivity contribution is 7.91. The summed E-state index contributed by atoms with van der Waals surface area (Å²) in [6, 6.07) is 18.0. The van der Waals surface area contributed by atoms with E-state index in [9.17, 15) is 8.42 Å². The van der Waals surface area contributed by atoms with Crippen LogP contribution in [0.25, 0.3) is 21.7 Å². The van der Waals surface area contributed by atoms with Gasteiger partial charge in [-0.15, -0.1) is 0 Å². The monoisotopic (exact) mass is 381 g/mol. The van der Waals surface area contributed by atoms with Crippen molar-refractivity contribution in [3.63, 3.8) is 0 Å². The predicted octanol–water partition coefficient (Wildman–Crippen LogP) is 2.90. The second-order valence-electron chi connectivity index (χ2n) is 6.20. The van der Waals surface area contributed by atoms with Crippen LogP contribution in [0.2, 0.25) is 0 Å². The fourth-order valence-electron chi connectivity index (χ4n) is 3.29. The van der Waals surface area contributed by atoms with Gasteiger partial charge in [-0.1, -0.05) is 42.5 Å². The molecule has 0 fully saturated rings. The normalized spacial score (nSPS) is 11.9. The Hall–Kier alpha value is -2.90. The third-order valence-electron chi connectivity index (χ3n) is 4.46. The van der Waals surface area contributed by atoms with Crippen LogP contribution in [0, 0.1) is 0 Å². The Kier molecular flexibility index (Phi) is 4.33. The third kappa shape index (κ3) is 2.85. The highest BCUT2D eigenvalue weighted by Crippen LogP contribution is 2.34. The second kappa shape index (κ2) is 6.68. The number of fused-ring (bicyclic) bond motifs is 2. The average molecular weight is 381 g/mol. The van der Waals surface area contributed by atoms with E-state index in [0.29, 0.717) is 35.2 Å². The molecule has 3 aromatic carbocycles. The van der Waals surface area contributed by atoms with Crippen LogP contribution in [0.5, 0.6) is 5.75 Å². The first-order valence-corrected chi connectivity index (χ1v) is 10.0. The Balaban J connectivity index is 1.96. The number of hydrogen-bond acceptors (Lipinski definition) is 5. The van der Waals surface area contributed by atoms with Crippen LogP contribution in [0.1, 0.15) is 0 Å². The molecule has 0 atom stereocenters. The number of rotatable bonds is 5. The maximum atomic E-state index is 13.5. The number of nitrogens with two attached hydrogens (primary N) is 1. The predicted molar refractivity (Wildman–Crippen MR) is 105 cm³/mol. The molecule has 7 heteroatoms. The first kappa shape index (κ1) is 17.5. The van der Waals surface area contributed by atoms with Crippen LogP contribution in [0.15, 0.2) is 70.6 Å². The third-order valence-corrected chi connectivity index (χ3v) is 6.21. The zero-order valence-corrected chi connectivity index (χ0v) is 15.6. The minimum absolute atomic E-state index is 0.0227. The number of hydrogen-bond donors (Lipinski definition) is 1. The van der Waals surface area contributed by atoms with Crippen molar-refractivity contribution in [2.75, 3.05) is 13.2 Å². The van der Waals surface area contributed by atoms with Crippen molar-refractivity contribution in [1.29, 1.82) is 0 Å². The van der Waals surface area contributed by atoms with E-state index in [4.69, 9.17) is 10.5 Å². The standard InChI is InChI=1S/C20H19N3O3S/c1-23-19-16(9-5-10-17(19)26-13-12-21)20(22-23)27(24,25)18-11-4-7-14-6-2-3-8-15(14)18/h2-11H,12-13,21H2,1H3. The second-order valence-corrected chi connectivity index (χ2v) is 8.03. The van der Waals surface area contributed by atoms with Gasteiger partial charge in [0.1, 0.15) is 17.9 Å². The summed E-state index contributed by atoms with van der Waals surface area (Å²) in [5, 5.41) is 6.42. The van der Waals surface area contributed by atoms with Crippen LogP contribution >= 0.6 is 0 Å². The Bertz CT molecular complexity index is 1240. The van der Waals surface area contributed by atoms with Gasteiger partial charge in [-0.05, 0) is 23.6 Å². The highest BCUT2D eigenvalue weighted by Gasteiger charge is 2.27. The summed E-state index contributed by atoms with van der Waals surface area (Å²) in [4.78, 5) is 0.244. The molecule has 0 saturated heterocycles. The maximum Gasteiger partial charge on any atom is 0.226 e. The molecule has 0 aliphatic heterocycles. The SMILES string of the molecule is Cn1nc(S(=O)(=O)c2cccc3ccccc23)c2cccc(OCCN)c21. The van der Waals surface area contributed by atoms with Crippen molar-refractivity contribution in [3.8, 4) is 5.75 Å². The molecule has 0 aliphatic carbocycles. The molecule has 0 saturated carbocycles. The molecule has 4 rings (SSSR count). The Labute approximate surface area is 157 Å². The van der Waals surface area contributed by atoms with Gasteiger partial charge in [0.2, 0.25) is 9.84 Å². The fourth-order valence-corrected chi connectivity index (χ4v) is 4.91. The van der Waals surface area contributed by atoms with Crippen molar-refractivity contribution in [2.24, 2.45) is 12.8 Å². The van der Waals surface area contributed by atoms with E-state index in [0.717, 1.165) is 5.39 Å². The Morgan fingerprint density at radius 1 is 1.00 bits per heavy atom. The lowest BCUT2D eigenvalue weighted by Crippen LogP contribution is -2.11. The summed E-state index contributed by atoms with van der Waals surface area (Å²) in [6.07, 6.45) is 0. The van der Waals surface area contributed by atoms with E-state index in [1.54, 1.807) is 42.1 Å². The van der Waals surface area contributed by atoms with E-state index in [-0.39, 0.29) is 9.92 Å². The topological polar surface area (TPSA) is 87.2 Å². The van der Waals surface area contributed by atoms with Gasteiger partial charge in [0.15, 0.2) is 5.03 Å². The van der Waals surface area contributed by atoms with Gasteiger partial charge in [0.05, 0.1) is 4.90 Å². The van der Waals surface area contributed by atoms with E-state index in [1.807, 2.05) is 30.3 Å². The number of nitrogens with zero attached hydrogens (tertiary/aromatic N) is 2. The summed E-state index contributed by atoms with van der Waals surface area (Å²) in [6.45, 7) is 0.713. The van der Waals surface area contributed by atoms with Gasteiger partial charge in [0.25, 0.3) is 0 Å². The molecule has 2 N–H and O–H groups in total. The lowest BCUT2D eigenvalue weighted by atomic mass is 10.1. The molecule has 0 aliphatic rings. The Morgan fingerprint density at radius 3 is 2.52 bits per heavy atom. The lowest BCUT2D eigenvalue weighted by Gasteiger charge is -2.07. The molecular formula is C20H19N3O3S. The lowest BCUT2D eigenvalue weighted by molar-refractivity contribution is 0.330. The summed E-state index contributed by atoms with van der Waals surface area (Å²) in [5.74, 6) is 0.562. The quantitative estimate of drug-likeness (QED) is 0.574. The zero-order valence-electron chi connectivity index (χ0n) is 14.8. The Morgan fingerprint density at radius 2 is 1.70 bits per heavy atom. The van der Waals surface area contributed by atoms with Crippen LogP contribution < -0.4 is 10.5 Å². The molecule has 0 spiro atoms. The van der Waals surface area contributed by atoms with E-state index in [1.165, 1.54) is 0 Å². The summed E-state index contributed by atoms with van der Waals surface area (Å²) in [7, 11) is -2.11. The van der Waals surface area contributed by atoms with Crippen LogP contribution in [0.3, 0.4) is 0 Å². The van der Waals surface area contributed by atoms with Gasteiger partial charge in [-0.25, -0.2) is 8.42 Å². The van der Waals surface area contributed by atoms with E-state index >= 15 is 0 Å². The van der Waals surface area contributed by atoms with Crippen LogP contribution in [0.4, 0.5) is 0 Å². The molecule has 6 nitrogen and oxygen atoms in total. The van der Waals surface area contributed by atoms with Crippen molar-refractivity contribution in [1.82, 2.24) is 9.78 Å². The fraction of sp³-hybridized carbons (Fsp3) is 0.150. The molecule has 1 aromatic heterocycles. The zero-order chi connectivity index (χ0) is 19.0. The van der Waals surface area contributed by atoms with Gasteiger partial charge in [-0.3, -0.25) is 4.68 Å². The van der Waals surface area contributed by atoms with Crippen molar-refractivity contribution in [3.05, 3.63) is 60.7 Å². The van der Waals surface area contributed by atoms with Crippen LogP contribution in [-0.4, -0.2) is 31.3 Å². The number of benzene rings is 3. The minimum Gasteiger partial charge on any atom is -0.490 e. The maximum absolute atomic E-state index is 13.5. The van der Waals surface area contributed by atoms with Gasteiger partial charge < -0.3 is 10.5 Å². The first-order valence-electron chi connectivity index (χ1n) is 8.55. The summed E-state index contributed by atoms with van der Waals surface area (Å²) < 4.78 is 34.1. The molecule has 0 unspecified atom stereocenters. The summed E-state index contributed by atoms with van der Waals surface area (Å²) >= 11 is 0. The van der Waals surface area contributed by atoms with Crippen molar-refractivity contribution in [2.45, 2.75) is 9.92 Å². The molecule has 0 amide bonds. The van der Waals surface area contributed by atoms with E-state index in [2.05, 4.69) is 5.10 Å².